The molecule has 6 aromatic rings. The van der Waals surface area contributed by atoms with Crippen LogP contribution < -0.4 is 0 Å². The molecule has 6 aromatic carbocycles. The summed E-state index contributed by atoms with van der Waals surface area (Å²) in [6.07, 6.45) is 0. The number of fused-ring (bicyclic) bond motifs is 5. The van der Waals surface area contributed by atoms with Crippen molar-refractivity contribution in [2.75, 3.05) is 0 Å². The van der Waals surface area contributed by atoms with E-state index in [1.807, 2.05) is 0 Å². The third-order valence-electron chi connectivity index (χ3n) is 6.85. The van der Waals surface area contributed by atoms with Crippen LogP contribution >= 0.6 is 15.9 Å². The van der Waals surface area contributed by atoms with E-state index in [1.165, 1.54) is 66.1 Å². The Balaban J connectivity index is 1.70. The molecule has 0 fully saturated rings. The summed E-state index contributed by atoms with van der Waals surface area (Å²) >= 11 is 3.71. The Hall–Kier alpha value is -3.68. The van der Waals surface area contributed by atoms with Crippen LogP contribution in [0.5, 0.6) is 0 Å². The van der Waals surface area contributed by atoms with E-state index >= 15 is 0 Å². The monoisotopic (exact) mass is 482 g/mol. The van der Waals surface area contributed by atoms with Crippen LogP contribution in [0, 0.1) is 0 Å². The van der Waals surface area contributed by atoms with Crippen molar-refractivity contribution < 1.29 is 0 Å². The fourth-order valence-electron chi connectivity index (χ4n) is 5.47. The van der Waals surface area contributed by atoms with Crippen molar-refractivity contribution in [1.82, 2.24) is 0 Å². The zero-order valence-corrected chi connectivity index (χ0v) is 19.4. The molecule has 0 spiro atoms. The lowest BCUT2D eigenvalue weighted by atomic mass is 9.88. The second-order valence-corrected chi connectivity index (χ2v) is 9.58. The van der Waals surface area contributed by atoms with Crippen molar-refractivity contribution in [3.63, 3.8) is 0 Å². The Morgan fingerprint density at radius 2 is 1.09 bits per heavy atom. The predicted octanol–water partition coefficient (Wildman–Crippen LogP) is 9.74. The van der Waals surface area contributed by atoms with Crippen LogP contribution in [0.15, 0.2) is 120 Å². The first-order chi connectivity index (χ1) is 16.3. The van der Waals surface area contributed by atoms with Crippen molar-refractivity contribution in [3.05, 3.63) is 120 Å². The van der Waals surface area contributed by atoms with Crippen LogP contribution in [0.3, 0.4) is 0 Å². The highest BCUT2D eigenvalue weighted by Gasteiger charge is 2.26. The summed E-state index contributed by atoms with van der Waals surface area (Å²) in [5, 5.41) is 5.30. The van der Waals surface area contributed by atoms with Crippen molar-refractivity contribution in [1.29, 1.82) is 0 Å². The van der Waals surface area contributed by atoms with Crippen LogP contribution in [0.1, 0.15) is 0 Å². The summed E-state index contributed by atoms with van der Waals surface area (Å²) in [6, 6.07) is 41.9. The van der Waals surface area contributed by atoms with E-state index < -0.39 is 0 Å². The van der Waals surface area contributed by atoms with Crippen LogP contribution in [-0.2, 0) is 0 Å². The van der Waals surface area contributed by atoms with Crippen molar-refractivity contribution in [2.45, 2.75) is 0 Å². The smallest absolute Gasteiger partial charge is 0.0181 e. The summed E-state index contributed by atoms with van der Waals surface area (Å²) in [5.41, 5.74) is 10.4. The van der Waals surface area contributed by atoms with Crippen LogP contribution in [-0.4, -0.2) is 0 Å². The molecule has 0 bridgehead atoms. The van der Waals surface area contributed by atoms with Gasteiger partial charge in [0.2, 0.25) is 0 Å². The molecule has 0 atom stereocenters. The van der Waals surface area contributed by atoms with E-state index in [-0.39, 0.29) is 0 Å². The minimum Gasteiger partial charge on any atom is -0.0622 e. The Bertz CT molecular complexity index is 1700. The van der Waals surface area contributed by atoms with Crippen LogP contribution in [0.4, 0.5) is 0 Å². The summed E-state index contributed by atoms with van der Waals surface area (Å²) in [6.45, 7) is 0. The normalized spacial score (nSPS) is 11.8. The standard InChI is InChI=1S/C32H19Br/c33-23-14-15-27-28(19-23)26-17-16-24(20-8-3-1-4-9-20)29-18-22-12-7-13-25(21-10-5-2-6-11-21)30(22)32(27)31(26)29/h1-19H. The predicted molar refractivity (Wildman–Crippen MR) is 144 cm³/mol. The Kier molecular flexibility index (Phi) is 4.09. The van der Waals surface area contributed by atoms with Gasteiger partial charge in [-0.05, 0) is 84.3 Å². The third-order valence-corrected chi connectivity index (χ3v) is 7.35. The molecule has 1 heteroatoms. The first-order valence-electron chi connectivity index (χ1n) is 11.2. The van der Waals surface area contributed by atoms with E-state index in [9.17, 15) is 0 Å². The number of hydrogen-bond acceptors (Lipinski definition) is 0. The average molecular weight is 483 g/mol. The zero-order chi connectivity index (χ0) is 21.9. The SMILES string of the molecule is Brc1ccc2c(c1)-c1ccc(-c3ccccc3)c3cc4cccc(-c5ccccc5)c4c-2c13. The van der Waals surface area contributed by atoms with E-state index in [4.69, 9.17) is 0 Å². The lowest BCUT2D eigenvalue weighted by molar-refractivity contribution is 1.64. The van der Waals surface area contributed by atoms with E-state index in [0.717, 1.165) is 4.47 Å². The third kappa shape index (κ3) is 2.76. The second kappa shape index (κ2) is 7.16. The Labute approximate surface area is 201 Å². The molecular weight excluding hydrogens is 464 g/mol. The highest BCUT2D eigenvalue weighted by molar-refractivity contribution is 9.10. The fraction of sp³-hybridized carbons (Fsp3) is 0. The minimum atomic E-state index is 1.11. The largest absolute Gasteiger partial charge is 0.0622 e. The molecule has 33 heavy (non-hydrogen) atoms. The lowest BCUT2D eigenvalue weighted by Gasteiger charge is -2.15. The van der Waals surface area contributed by atoms with Crippen LogP contribution in [0.2, 0.25) is 0 Å². The first-order valence-corrected chi connectivity index (χ1v) is 12.0. The number of halogens is 1. The van der Waals surface area contributed by atoms with Gasteiger partial charge in [0, 0.05) is 4.47 Å². The van der Waals surface area contributed by atoms with Gasteiger partial charge < -0.3 is 0 Å². The summed E-state index contributed by atoms with van der Waals surface area (Å²) in [4.78, 5) is 0. The minimum absolute atomic E-state index is 1.11. The second-order valence-electron chi connectivity index (χ2n) is 8.66. The van der Waals surface area contributed by atoms with E-state index in [1.54, 1.807) is 0 Å². The highest BCUT2D eigenvalue weighted by Crippen LogP contribution is 2.54. The zero-order valence-electron chi connectivity index (χ0n) is 17.8. The van der Waals surface area contributed by atoms with Gasteiger partial charge >= 0.3 is 0 Å². The number of benzene rings is 6. The molecule has 0 radical (unpaired) electrons. The van der Waals surface area contributed by atoms with Gasteiger partial charge in [-0.25, -0.2) is 0 Å². The first kappa shape index (κ1) is 18.8. The van der Waals surface area contributed by atoms with E-state index in [2.05, 4.69) is 131 Å². The van der Waals surface area contributed by atoms with Crippen molar-refractivity contribution in [3.8, 4) is 44.5 Å². The van der Waals surface area contributed by atoms with Crippen molar-refractivity contribution >= 4 is 37.5 Å². The molecule has 1 aliphatic carbocycles. The lowest BCUT2D eigenvalue weighted by Crippen LogP contribution is -1.88. The van der Waals surface area contributed by atoms with Gasteiger partial charge in [0.15, 0.2) is 0 Å². The summed E-state index contributed by atoms with van der Waals surface area (Å²) < 4.78 is 1.11. The fourth-order valence-corrected chi connectivity index (χ4v) is 5.83. The maximum absolute atomic E-state index is 3.71. The Morgan fingerprint density at radius 3 is 1.85 bits per heavy atom. The molecule has 0 heterocycles. The maximum atomic E-state index is 3.71. The maximum Gasteiger partial charge on any atom is 0.0181 e. The van der Waals surface area contributed by atoms with Crippen molar-refractivity contribution in [2.24, 2.45) is 0 Å². The molecule has 0 aromatic heterocycles. The number of rotatable bonds is 2. The number of hydrogen-bond donors (Lipinski definition) is 0. The molecule has 1 aliphatic rings. The van der Waals surface area contributed by atoms with Gasteiger partial charge in [-0.2, -0.15) is 0 Å². The van der Waals surface area contributed by atoms with Gasteiger partial charge in [-0.15, -0.1) is 0 Å². The molecular formula is C32H19Br. The average Bonchev–Trinajstić information content (AvgIpc) is 3.19. The van der Waals surface area contributed by atoms with E-state index in [0.29, 0.717) is 0 Å². The quantitative estimate of drug-likeness (QED) is 0.215. The van der Waals surface area contributed by atoms with Gasteiger partial charge in [-0.3, -0.25) is 0 Å². The molecule has 0 aliphatic heterocycles. The molecule has 0 N–H and O–H groups in total. The molecule has 0 unspecified atom stereocenters. The molecule has 0 nitrogen and oxygen atoms in total. The Morgan fingerprint density at radius 1 is 0.424 bits per heavy atom. The highest BCUT2D eigenvalue weighted by atomic mass is 79.9. The van der Waals surface area contributed by atoms with Gasteiger partial charge in [0.05, 0.1) is 0 Å². The molecule has 7 rings (SSSR count). The van der Waals surface area contributed by atoms with Crippen LogP contribution in [0.25, 0.3) is 66.1 Å². The molecule has 154 valence electrons. The van der Waals surface area contributed by atoms with Gasteiger partial charge in [0.1, 0.15) is 0 Å². The topological polar surface area (TPSA) is 0 Å². The summed E-state index contributed by atoms with van der Waals surface area (Å²) in [7, 11) is 0. The molecule has 0 saturated carbocycles. The molecule has 0 saturated heterocycles. The summed E-state index contributed by atoms with van der Waals surface area (Å²) in [5.74, 6) is 0. The van der Waals surface area contributed by atoms with Gasteiger partial charge in [-0.1, -0.05) is 113 Å². The molecule has 0 amide bonds. The van der Waals surface area contributed by atoms with Gasteiger partial charge in [0.25, 0.3) is 0 Å².